The molecule has 120 valence electrons. The van der Waals surface area contributed by atoms with E-state index in [9.17, 15) is 9.90 Å². The third-order valence-electron chi connectivity index (χ3n) is 5.08. The Bertz CT molecular complexity index is 386. The molecule has 0 aromatic heterocycles. The molecule has 0 aromatic carbocycles. The second kappa shape index (κ2) is 7.11. The van der Waals surface area contributed by atoms with Crippen LogP contribution in [-0.2, 0) is 4.79 Å². The second-order valence-electron chi connectivity index (χ2n) is 6.29. The molecule has 0 heterocycles. The van der Waals surface area contributed by atoms with Gasteiger partial charge in [0.15, 0.2) is 5.84 Å². The molecule has 0 unspecified atom stereocenters. The summed E-state index contributed by atoms with van der Waals surface area (Å²) < 4.78 is 0. The van der Waals surface area contributed by atoms with E-state index in [1.165, 1.54) is 0 Å². The molecule has 2 rings (SSSR count). The normalized spacial score (nSPS) is 23.2. The summed E-state index contributed by atoms with van der Waals surface area (Å²) in [6, 6.07) is 0.205. The molecule has 1 amide bonds. The van der Waals surface area contributed by atoms with Crippen LogP contribution < -0.4 is 5.73 Å². The molecule has 0 saturated heterocycles. The maximum atomic E-state index is 13.1. The molecule has 0 aliphatic heterocycles. The molecule has 0 atom stereocenters. The highest BCUT2D eigenvalue weighted by Gasteiger charge is 2.47. The van der Waals surface area contributed by atoms with Crippen LogP contribution in [0.15, 0.2) is 5.16 Å². The number of nitrogens with zero attached hydrogens (tertiary/aromatic N) is 2. The van der Waals surface area contributed by atoms with Gasteiger partial charge in [0.1, 0.15) is 5.41 Å². The van der Waals surface area contributed by atoms with Crippen LogP contribution >= 0.6 is 0 Å². The zero-order valence-electron chi connectivity index (χ0n) is 12.6. The van der Waals surface area contributed by atoms with Crippen molar-refractivity contribution in [3.8, 4) is 0 Å². The van der Waals surface area contributed by atoms with Gasteiger partial charge in [0.05, 0.1) is 6.61 Å². The average molecular weight is 297 g/mol. The molecule has 0 radical (unpaired) electrons. The Morgan fingerprint density at radius 3 is 2.24 bits per heavy atom. The maximum Gasteiger partial charge on any atom is 0.236 e. The van der Waals surface area contributed by atoms with Crippen LogP contribution in [0.4, 0.5) is 0 Å². The van der Waals surface area contributed by atoms with Gasteiger partial charge in [0.2, 0.25) is 5.91 Å². The van der Waals surface area contributed by atoms with Gasteiger partial charge in [-0.15, -0.1) is 0 Å². The number of aliphatic hydroxyl groups excluding tert-OH is 1. The summed E-state index contributed by atoms with van der Waals surface area (Å²) in [5.41, 5.74) is 5.06. The third-order valence-corrected chi connectivity index (χ3v) is 5.08. The van der Waals surface area contributed by atoms with Crippen LogP contribution in [0, 0.1) is 5.41 Å². The molecule has 2 aliphatic carbocycles. The van der Waals surface area contributed by atoms with Gasteiger partial charge in [0.25, 0.3) is 0 Å². The largest absolute Gasteiger partial charge is 0.409 e. The molecule has 0 spiro atoms. The lowest BCUT2D eigenvalue weighted by Gasteiger charge is -2.43. The van der Waals surface area contributed by atoms with E-state index in [0.29, 0.717) is 19.4 Å². The Balaban J connectivity index is 2.27. The minimum Gasteiger partial charge on any atom is -0.409 e. The van der Waals surface area contributed by atoms with Gasteiger partial charge in [-0.25, -0.2) is 0 Å². The number of rotatable bonds is 5. The van der Waals surface area contributed by atoms with Gasteiger partial charge in [0, 0.05) is 12.6 Å². The molecule has 4 N–H and O–H groups in total. The number of oxime groups is 1. The molecular formula is C15H27N3O3. The first-order valence-electron chi connectivity index (χ1n) is 8.05. The minimum absolute atomic E-state index is 0.0386. The molecule has 6 heteroatoms. The number of amides is 1. The monoisotopic (exact) mass is 297 g/mol. The smallest absolute Gasteiger partial charge is 0.236 e. The Kier molecular flexibility index (Phi) is 5.45. The second-order valence-corrected chi connectivity index (χ2v) is 6.29. The highest BCUT2D eigenvalue weighted by atomic mass is 16.4. The first-order valence-corrected chi connectivity index (χ1v) is 8.05. The molecule has 6 nitrogen and oxygen atoms in total. The summed E-state index contributed by atoms with van der Waals surface area (Å²) in [7, 11) is 0. The lowest BCUT2D eigenvalue weighted by atomic mass is 9.76. The number of hydrogen-bond donors (Lipinski definition) is 3. The van der Waals surface area contributed by atoms with E-state index < -0.39 is 5.41 Å². The molecule has 2 fully saturated rings. The molecular weight excluding hydrogens is 270 g/mol. The zero-order valence-corrected chi connectivity index (χ0v) is 12.6. The Hall–Kier alpha value is -1.30. The van der Waals surface area contributed by atoms with Gasteiger partial charge < -0.3 is 20.9 Å². The number of amidine groups is 1. The van der Waals surface area contributed by atoms with Crippen molar-refractivity contribution in [2.24, 2.45) is 16.3 Å². The molecule has 0 bridgehead atoms. The van der Waals surface area contributed by atoms with Crippen molar-refractivity contribution in [3.63, 3.8) is 0 Å². The summed E-state index contributed by atoms with van der Waals surface area (Å²) in [4.78, 5) is 14.9. The van der Waals surface area contributed by atoms with Crippen LogP contribution in [0.25, 0.3) is 0 Å². The van der Waals surface area contributed by atoms with Crippen molar-refractivity contribution >= 4 is 11.7 Å². The lowest BCUT2D eigenvalue weighted by Crippen LogP contribution is -2.56. The van der Waals surface area contributed by atoms with Crippen LogP contribution in [0.5, 0.6) is 0 Å². The van der Waals surface area contributed by atoms with Crippen LogP contribution in [0.1, 0.15) is 57.8 Å². The third kappa shape index (κ3) is 3.15. The summed E-state index contributed by atoms with van der Waals surface area (Å²) in [6.07, 6.45) is 8.35. The van der Waals surface area contributed by atoms with Crippen LogP contribution in [-0.4, -0.2) is 46.1 Å². The molecule has 2 aliphatic rings. The number of carbonyl (C=O) groups excluding carboxylic acids is 1. The van der Waals surface area contributed by atoms with E-state index in [-0.39, 0.29) is 24.4 Å². The van der Waals surface area contributed by atoms with E-state index in [2.05, 4.69) is 5.16 Å². The van der Waals surface area contributed by atoms with Crippen molar-refractivity contribution < 1.29 is 15.1 Å². The minimum atomic E-state index is -0.879. The van der Waals surface area contributed by atoms with E-state index in [4.69, 9.17) is 10.9 Å². The lowest BCUT2D eigenvalue weighted by molar-refractivity contribution is -0.144. The average Bonchev–Trinajstić information content (AvgIpc) is 2.70. The van der Waals surface area contributed by atoms with E-state index >= 15 is 0 Å². The van der Waals surface area contributed by atoms with Crippen LogP contribution in [0.3, 0.4) is 0 Å². The van der Waals surface area contributed by atoms with Gasteiger partial charge in [-0.1, -0.05) is 30.8 Å². The van der Waals surface area contributed by atoms with Gasteiger partial charge in [-0.05, 0) is 32.1 Å². The van der Waals surface area contributed by atoms with Crippen molar-refractivity contribution in [1.29, 1.82) is 0 Å². The SMILES string of the molecule is NC(=NO)C1(C(=O)N(CCO)C2CCC2)CCCCCC1. The first kappa shape index (κ1) is 16.1. The van der Waals surface area contributed by atoms with Gasteiger partial charge in [-0.3, -0.25) is 4.79 Å². The molecule has 2 saturated carbocycles. The molecule has 0 aromatic rings. The quantitative estimate of drug-likeness (QED) is 0.235. The predicted molar refractivity (Wildman–Crippen MR) is 80.0 cm³/mol. The summed E-state index contributed by atoms with van der Waals surface area (Å²) >= 11 is 0. The van der Waals surface area contributed by atoms with Crippen molar-refractivity contribution in [2.75, 3.05) is 13.2 Å². The van der Waals surface area contributed by atoms with Crippen molar-refractivity contribution in [2.45, 2.75) is 63.8 Å². The number of nitrogens with two attached hydrogens (primary N) is 1. The van der Waals surface area contributed by atoms with E-state index in [0.717, 1.165) is 44.9 Å². The summed E-state index contributed by atoms with van der Waals surface area (Å²) in [6.45, 7) is 0.290. The van der Waals surface area contributed by atoms with Gasteiger partial charge in [-0.2, -0.15) is 0 Å². The Morgan fingerprint density at radius 1 is 1.19 bits per heavy atom. The van der Waals surface area contributed by atoms with Gasteiger partial charge >= 0.3 is 0 Å². The highest BCUT2D eigenvalue weighted by Crippen LogP contribution is 2.39. The topological polar surface area (TPSA) is 99.2 Å². The van der Waals surface area contributed by atoms with Crippen molar-refractivity contribution in [1.82, 2.24) is 4.90 Å². The fourth-order valence-electron chi connectivity index (χ4n) is 3.54. The predicted octanol–water partition coefficient (Wildman–Crippen LogP) is 1.45. The van der Waals surface area contributed by atoms with Crippen molar-refractivity contribution in [3.05, 3.63) is 0 Å². The highest BCUT2D eigenvalue weighted by molar-refractivity contribution is 6.06. The maximum absolute atomic E-state index is 13.1. The fourth-order valence-corrected chi connectivity index (χ4v) is 3.54. The number of aliphatic hydroxyl groups is 1. The van der Waals surface area contributed by atoms with E-state index in [1.54, 1.807) is 4.90 Å². The zero-order chi connectivity index (χ0) is 15.3. The fraction of sp³-hybridized carbons (Fsp3) is 0.867. The number of carbonyl (C=O) groups is 1. The van der Waals surface area contributed by atoms with E-state index in [1.807, 2.05) is 0 Å². The first-order chi connectivity index (χ1) is 10.2. The summed E-state index contributed by atoms with van der Waals surface area (Å²) in [5.74, 6) is -0.0184. The molecule has 21 heavy (non-hydrogen) atoms. The Morgan fingerprint density at radius 2 is 1.81 bits per heavy atom. The summed E-state index contributed by atoms with van der Waals surface area (Å²) in [5, 5.41) is 21.6. The standard InChI is InChI=1S/C15H27N3O3/c16-13(17-21)15(8-3-1-2-4-9-15)14(20)18(10-11-19)12-6-5-7-12/h12,19,21H,1-11H2,(H2,16,17). The Labute approximate surface area is 126 Å². The van der Waals surface area contributed by atoms with Crippen LogP contribution in [0.2, 0.25) is 0 Å². The number of hydrogen-bond acceptors (Lipinski definition) is 4.